The van der Waals surface area contributed by atoms with Gasteiger partial charge in [-0.05, 0) is 30.6 Å². The van der Waals surface area contributed by atoms with E-state index < -0.39 is 5.54 Å². The Balaban J connectivity index is 2.09. The zero-order valence-corrected chi connectivity index (χ0v) is 13.3. The maximum atomic E-state index is 12.2. The number of rotatable bonds is 10. The van der Waals surface area contributed by atoms with Gasteiger partial charge >= 0.3 is 0 Å². The van der Waals surface area contributed by atoms with Gasteiger partial charge < -0.3 is 10.5 Å². The molecule has 2 rings (SSSR count). The SMILES string of the molecule is COCCSCCC(NC1CC1)(C(N)=O)c1ccccc1. The number of nitrogens with one attached hydrogen (secondary N) is 1. The van der Waals surface area contributed by atoms with Crippen molar-refractivity contribution in [2.24, 2.45) is 5.73 Å². The first-order valence-corrected chi connectivity index (χ1v) is 8.54. The summed E-state index contributed by atoms with van der Waals surface area (Å²) in [7, 11) is 1.70. The van der Waals surface area contributed by atoms with Crippen LogP contribution >= 0.6 is 11.8 Å². The zero-order chi connectivity index (χ0) is 15.1. The van der Waals surface area contributed by atoms with E-state index in [1.165, 1.54) is 0 Å². The van der Waals surface area contributed by atoms with Crippen LogP contribution in [-0.4, -0.2) is 37.2 Å². The average Bonchev–Trinajstić information content (AvgIpc) is 3.30. The van der Waals surface area contributed by atoms with Gasteiger partial charge in [0.05, 0.1) is 6.61 Å². The molecule has 0 heterocycles. The van der Waals surface area contributed by atoms with E-state index in [0.29, 0.717) is 12.5 Å². The van der Waals surface area contributed by atoms with E-state index in [0.717, 1.165) is 36.5 Å². The number of benzene rings is 1. The molecule has 1 unspecified atom stereocenters. The van der Waals surface area contributed by atoms with Crippen LogP contribution in [0, 0.1) is 0 Å². The number of amides is 1. The van der Waals surface area contributed by atoms with E-state index in [4.69, 9.17) is 10.5 Å². The lowest BCUT2D eigenvalue weighted by Crippen LogP contribution is -2.54. The quantitative estimate of drug-likeness (QED) is 0.648. The van der Waals surface area contributed by atoms with Crippen molar-refractivity contribution in [2.75, 3.05) is 25.2 Å². The highest BCUT2D eigenvalue weighted by atomic mass is 32.2. The van der Waals surface area contributed by atoms with E-state index in [9.17, 15) is 4.79 Å². The summed E-state index contributed by atoms with van der Waals surface area (Å²) >= 11 is 1.79. The fraction of sp³-hybridized carbons (Fsp3) is 0.562. The van der Waals surface area contributed by atoms with Gasteiger partial charge in [-0.15, -0.1) is 0 Å². The molecule has 4 nitrogen and oxygen atoms in total. The maximum absolute atomic E-state index is 12.2. The molecule has 0 aromatic heterocycles. The third kappa shape index (κ3) is 4.46. The van der Waals surface area contributed by atoms with Crippen molar-refractivity contribution in [1.29, 1.82) is 0 Å². The number of carbonyl (C=O) groups excluding carboxylic acids is 1. The van der Waals surface area contributed by atoms with Crippen LogP contribution in [0.4, 0.5) is 0 Å². The largest absolute Gasteiger partial charge is 0.384 e. The first-order chi connectivity index (χ1) is 10.2. The van der Waals surface area contributed by atoms with Gasteiger partial charge in [0.25, 0.3) is 0 Å². The molecule has 1 aromatic carbocycles. The van der Waals surface area contributed by atoms with E-state index in [-0.39, 0.29) is 5.91 Å². The molecule has 3 N–H and O–H groups in total. The van der Waals surface area contributed by atoms with Crippen LogP contribution in [0.5, 0.6) is 0 Å². The number of methoxy groups -OCH3 is 1. The van der Waals surface area contributed by atoms with Crippen molar-refractivity contribution in [1.82, 2.24) is 5.32 Å². The number of hydrogen-bond acceptors (Lipinski definition) is 4. The van der Waals surface area contributed by atoms with E-state index in [2.05, 4.69) is 5.32 Å². The van der Waals surface area contributed by atoms with Crippen LogP contribution in [0.15, 0.2) is 30.3 Å². The van der Waals surface area contributed by atoms with Crippen molar-refractivity contribution in [3.63, 3.8) is 0 Å². The highest BCUT2D eigenvalue weighted by Gasteiger charge is 2.42. The van der Waals surface area contributed by atoms with Crippen molar-refractivity contribution in [3.05, 3.63) is 35.9 Å². The molecule has 1 aliphatic carbocycles. The molecule has 0 saturated heterocycles. The van der Waals surface area contributed by atoms with Crippen molar-refractivity contribution in [2.45, 2.75) is 30.8 Å². The van der Waals surface area contributed by atoms with Gasteiger partial charge in [0.1, 0.15) is 5.54 Å². The number of hydrogen-bond donors (Lipinski definition) is 2. The molecule has 116 valence electrons. The van der Waals surface area contributed by atoms with Gasteiger partial charge in [-0.2, -0.15) is 11.8 Å². The minimum Gasteiger partial charge on any atom is -0.384 e. The summed E-state index contributed by atoms with van der Waals surface area (Å²) in [5.41, 5.74) is 6.01. The molecule has 0 spiro atoms. The summed E-state index contributed by atoms with van der Waals surface area (Å²) in [5, 5.41) is 3.49. The second-order valence-electron chi connectivity index (χ2n) is 5.41. The summed E-state index contributed by atoms with van der Waals surface area (Å²) in [6.07, 6.45) is 2.95. The molecule has 0 radical (unpaired) electrons. The van der Waals surface area contributed by atoms with Crippen LogP contribution in [0.25, 0.3) is 0 Å². The Kier molecular flexibility index (Phi) is 6.08. The maximum Gasteiger partial charge on any atom is 0.242 e. The molecule has 5 heteroatoms. The number of thioether (sulfide) groups is 1. The highest BCUT2D eigenvalue weighted by Crippen LogP contribution is 2.32. The van der Waals surface area contributed by atoms with Crippen LogP contribution in [0.2, 0.25) is 0 Å². The lowest BCUT2D eigenvalue weighted by molar-refractivity contribution is -0.125. The zero-order valence-electron chi connectivity index (χ0n) is 12.5. The number of primary amides is 1. The van der Waals surface area contributed by atoms with Crippen molar-refractivity contribution >= 4 is 17.7 Å². The predicted octanol–water partition coefficient (Wildman–Crippen LogP) is 1.89. The molecule has 1 atom stereocenters. The van der Waals surface area contributed by atoms with Gasteiger partial charge in [0, 0.05) is 18.9 Å². The summed E-state index contributed by atoms with van der Waals surface area (Å²) in [5.74, 6) is 1.53. The lowest BCUT2D eigenvalue weighted by Gasteiger charge is -2.32. The Hall–Kier alpha value is -1.04. The fourth-order valence-corrected chi connectivity index (χ4v) is 3.34. The van der Waals surface area contributed by atoms with Crippen molar-refractivity contribution in [3.8, 4) is 0 Å². The van der Waals surface area contributed by atoms with Crippen LogP contribution in [0.1, 0.15) is 24.8 Å². The van der Waals surface area contributed by atoms with Crippen LogP contribution in [-0.2, 0) is 15.1 Å². The first-order valence-electron chi connectivity index (χ1n) is 7.39. The lowest BCUT2D eigenvalue weighted by atomic mass is 9.86. The van der Waals surface area contributed by atoms with Crippen molar-refractivity contribution < 1.29 is 9.53 Å². The summed E-state index contributed by atoms with van der Waals surface area (Å²) in [6, 6.07) is 10.3. The number of nitrogens with two attached hydrogens (primary N) is 1. The third-order valence-corrected chi connectivity index (χ3v) is 4.72. The van der Waals surface area contributed by atoms with Gasteiger partial charge in [0.2, 0.25) is 5.91 Å². The third-order valence-electron chi connectivity index (χ3n) is 3.77. The second-order valence-corrected chi connectivity index (χ2v) is 6.63. The molecule has 0 aliphatic heterocycles. The van der Waals surface area contributed by atoms with E-state index in [1.54, 1.807) is 18.9 Å². The standard InChI is InChI=1S/C16H24N2O2S/c1-20-10-12-21-11-9-16(15(17)19,18-14-7-8-14)13-5-3-2-4-6-13/h2-6,14,18H,7-12H2,1H3,(H2,17,19). The molecule has 1 amide bonds. The second kappa shape index (κ2) is 7.82. The first kappa shape index (κ1) is 16.3. The van der Waals surface area contributed by atoms with E-state index in [1.807, 2.05) is 30.3 Å². The van der Waals surface area contributed by atoms with Gasteiger partial charge in [-0.1, -0.05) is 30.3 Å². The average molecular weight is 308 g/mol. The minimum atomic E-state index is -0.748. The Morgan fingerprint density at radius 1 is 1.38 bits per heavy atom. The van der Waals surface area contributed by atoms with Gasteiger partial charge in [0.15, 0.2) is 0 Å². The topological polar surface area (TPSA) is 64.3 Å². The summed E-state index contributed by atoms with van der Waals surface area (Å²) in [4.78, 5) is 12.2. The molecule has 1 aromatic rings. The Morgan fingerprint density at radius 2 is 2.10 bits per heavy atom. The molecular formula is C16H24N2O2S. The molecule has 1 aliphatic rings. The monoisotopic (exact) mass is 308 g/mol. The molecular weight excluding hydrogens is 284 g/mol. The number of ether oxygens (including phenoxy) is 1. The normalized spacial score (nSPS) is 17.4. The van der Waals surface area contributed by atoms with Crippen LogP contribution < -0.4 is 11.1 Å². The Bertz CT molecular complexity index is 451. The predicted molar refractivity (Wildman–Crippen MR) is 87.3 cm³/mol. The molecule has 21 heavy (non-hydrogen) atoms. The molecule has 0 bridgehead atoms. The minimum absolute atomic E-state index is 0.284. The highest BCUT2D eigenvalue weighted by molar-refractivity contribution is 7.99. The molecule has 1 saturated carbocycles. The fourth-order valence-electron chi connectivity index (χ4n) is 2.40. The summed E-state index contributed by atoms with van der Waals surface area (Å²) in [6.45, 7) is 0.732. The summed E-state index contributed by atoms with van der Waals surface area (Å²) < 4.78 is 5.05. The Morgan fingerprint density at radius 3 is 2.67 bits per heavy atom. The van der Waals surface area contributed by atoms with E-state index >= 15 is 0 Å². The Labute approximate surface area is 130 Å². The van der Waals surface area contributed by atoms with Gasteiger partial charge in [-0.3, -0.25) is 10.1 Å². The molecule has 1 fully saturated rings. The smallest absolute Gasteiger partial charge is 0.242 e. The van der Waals surface area contributed by atoms with Gasteiger partial charge in [-0.25, -0.2) is 0 Å². The number of carbonyl (C=O) groups is 1. The van der Waals surface area contributed by atoms with Crippen LogP contribution in [0.3, 0.4) is 0 Å².